The third-order valence-electron chi connectivity index (χ3n) is 11.4. The maximum atomic E-state index is 12.9. The first kappa shape index (κ1) is 62.6. The van der Waals surface area contributed by atoms with Crippen LogP contribution in [0.4, 0.5) is 0 Å². The number of hydrogen-bond donors (Lipinski definition) is 4. The van der Waals surface area contributed by atoms with Gasteiger partial charge in [0.15, 0.2) is 6.29 Å². The summed E-state index contributed by atoms with van der Waals surface area (Å²) in [6, 6.07) is 0. The van der Waals surface area contributed by atoms with Gasteiger partial charge in [0, 0.05) is 13.0 Å². The van der Waals surface area contributed by atoms with Crippen molar-refractivity contribution in [1.29, 1.82) is 0 Å². The maximum Gasteiger partial charge on any atom is 0.306 e. The van der Waals surface area contributed by atoms with Crippen LogP contribution in [0, 0.1) is 0 Å². The second kappa shape index (κ2) is 48.6. The van der Waals surface area contributed by atoms with Gasteiger partial charge in [-0.25, -0.2) is 0 Å². The highest BCUT2D eigenvalue weighted by atomic mass is 16.7. The zero-order chi connectivity index (χ0) is 49.2. The number of allylic oxidation sites excluding steroid dienone is 20. The Hall–Kier alpha value is -3.41. The minimum absolute atomic E-state index is 0.115. The monoisotopic (exact) mass is 949 g/mol. The molecule has 0 bridgehead atoms. The number of unbranched alkanes of at least 4 members (excludes halogenated alkanes) is 13. The number of esters is 1. The van der Waals surface area contributed by atoms with E-state index in [1.165, 1.54) is 51.4 Å². The van der Waals surface area contributed by atoms with Crippen molar-refractivity contribution < 1.29 is 44.2 Å². The summed E-state index contributed by atoms with van der Waals surface area (Å²) in [5.41, 5.74) is 0. The standard InChI is InChI=1S/C59H96O9/c1-3-5-7-9-11-13-15-17-19-21-23-25-26-27-28-29-30-32-34-36-38-40-42-44-46-48-55(61)67-53(52-66-59-58(64)57(63)56(62)54(50-60)68-59)51-65-49-47-45-43-41-39-37-35-33-31-24-22-20-18-16-14-12-10-8-6-4-2/h5,7,11-14,17-20,23-25,27-28,30-32,36,38,53-54,56-60,62-64H,3-4,6,8-10,15-16,21-22,26,29,33-35,37,39-52H2,1-2H3/b7-5-,13-11-,14-12-,19-17-,20-18-,25-23-,28-27-,31-24-,32-30-,38-36-. The Bertz CT molecular complexity index is 1450. The molecule has 1 aliphatic heterocycles. The lowest BCUT2D eigenvalue weighted by molar-refractivity contribution is -0.305. The molecule has 0 aromatic rings. The summed E-state index contributed by atoms with van der Waals surface area (Å²) < 4.78 is 22.9. The molecular formula is C59H96O9. The molecule has 386 valence electrons. The second-order valence-corrected chi connectivity index (χ2v) is 17.6. The zero-order valence-electron chi connectivity index (χ0n) is 42.6. The predicted molar refractivity (Wildman–Crippen MR) is 283 cm³/mol. The van der Waals surface area contributed by atoms with Crippen LogP contribution in [0.25, 0.3) is 0 Å². The molecule has 1 saturated heterocycles. The molecule has 0 aromatic carbocycles. The summed E-state index contributed by atoms with van der Waals surface area (Å²) >= 11 is 0. The van der Waals surface area contributed by atoms with E-state index in [0.717, 1.165) is 103 Å². The van der Waals surface area contributed by atoms with Crippen LogP contribution in [-0.4, -0.2) is 89.6 Å². The summed E-state index contributed by atoms with van der Waals surface area (Å²) in [6.07, 6.45) is 63.7. The molecule has 1 fully saturated rings. The average Bonchev–Trinajstić information content (AvgIpc) is 3.34. The van der Waals surface area contributed by atoms with Gasteiger partial charge in [0.05, 0.1) is 19.8 Å². The molecule has 0 spiro atoms. The van der Waals surface area contributed by atoms with E-state index in [2.05, 4.69) is 135 Å². The first-order chi connectivity index (χ1) is 33.4. The van der Waals surface area contributed by atoms with Crippen LogP contribution in [-0.2, 0) is 23.7 Å². The van der Waals surface area contributed by atoms with Crippen LogP contribution in [0.15, 0.2) is 122 Å². The zero-order valence-corrected chi connectivity index (χ0v) is 42.6. The topological polar surface area (TPSA) is 135 Å². The predicted octanol–water partition coefficient (Wildman–Crippen LogP) is 13.5. The van der Waals surface area contributed by atoms with Gasteiger partial charge in [-0.15, -0.1) is 0 Å². The van der Waals surface area contributed by atoms with Gasteiger partial charge in [0.2, 0.25) is 0 Å². The molecule has 9 nitrogen and oxygen atoms in total. The van der Waals surface area contributed by atoms with Crippen molar-refractivity contribution in [2.24, 2.45) is 0 Å². The highest BCUT2D eigenvalue weighted by Crippen LogP contribution is 2.22. The molecule has 0 saturated carbocycles. The molecule has 0 aromatic heterocycles. The number of rotatable bonds is 44. The van der Waals surface area contributed by atoms with Gasteiger partial charge in [-0.1, -0.05) is 187 Å². The molecule has 0 aliphatic carbocycles. The molecule has 1 heterocycles. The number of ether oxygens (including phenoxy) is 4. The molecule has 4 N–H and O–H groups in total. The molecule has 0 amide bonds. The number of hydrogen-bond acceptors (Lipinski definition) is 9. The Kier molecular flexibility index (Phi) is 44.8. The summed E-state index contributed by atoms with van der Waals surface area (Å²) in [7, 11) is 0. The largest absolute Gasteiger partial charge is 0.457 e. The lowest BCUT2D eigenvalue weighted by Crippen LogP contribution is -2.59. The van der Waals surface area contributed by atoms with Gasteiger partial charge in [-0.3, -0.25) is 4.79 Å². The van der Waals surface area contributed by atoms with E-state index in [4.69, 9.17) is 18.9 Å². The molecule has 6 unspecified atom stereocenters. The quantitative estimate of drug-likeness (QED) is 0.0267. The van der Waals surface area contributed by atoms with Gasteiger partial charge in [-0.2, -0.15) is 0 Å². The molecule has 1 rings (SSSR count). The van der Waals surface area contributed by atoms with Crippen LogP contribution in [0.5, 0.6) is 0 Å². The number of aliphatic hydroxyl groups excluding tert-OH is 4. The van der Waals surface area contributed by atoms with E-state index in [1.807, 2.05) is 0 Å². The Morgan fingerprint density at radius 1 is 0.485 bits per heavy atom. The fraction of sp³-hybridized carbons (Fsp3) is 0.644. The van der Waals surface area contributed by atoms with E-state index in [9.17, 15) is 25.2 Å². The summed E-state index contributed by atoms with van der Waals surface area (Å²) in [4.78, 5) is 12.9. The Balaban J connectivity index is 2.26. The van der Waals surface area contributed by atoms with Gasteiger partial charge < -0.3 is 39.4 Å². The minimum atomic E-state index is -1.55. The van der Waals surface area contributed by atoms with Crippen LogP contribution >= 0.6 is 0 Å². The molecule has 0 radical (unpaired) electrons. The molecule has 9 heteroatoms. The van der Waals surface area contributed by atoms with Crippen molar-refractivity contribution in [1.82, 2.24) is 0 Å². The van der Waals surface area contributed by atoms with E-state index < -0.39 is 43.4 Å². The normalized spacial score (nSPS) is 20.1. The van der Waals surface area contributed by atoms with Gasteiger partial charge in [0.1, 0.15) is 30.5 Å². The van der Waals surface area contributed by atoms with E-state index >= 15 is 0 Å². The molecule has 6 atom stereocenters. The van der Waals surface area contributed by atoms with Gasteiger partial charge in [-0.05, 0) is 109 Å². The first-order valence-electron chi connectivity index (χ1n) is 26.6. The first-order valence-corrected chi connectivity index (χ1v) is 26.6. The number of carbonyl (C=O) groups excluding carboxylic acids is 1. The van der Waals surface area contributed by atoms with Crippen molar-refractivity contribution in [2.75, 3.05) is 26.4 Å². The van der Waals surface area contributed by atoms with Gasteiger partial charge in [0.25, 0.3) is 0 Å². The molecule has 68 heavy (non-hydrogen) atoms. The summed E-state index contributed by atoms with van der Waals surface area (Å²) in [5, 5.41) is 40.3. The van der Waals surface area contributed by atoms with E-state index in [1.54, 1.807) is 0 Å². The Labute approximate surface area is 414 Å². The van der Waals surface area contributed by atoms with Crippen LogP contribution in [0.1, 0.15) is 181 Å². The Morgan fingerprint density at radius 3 is 1.35 bits per heavy atom. The smallest absolute Gasteiger partial charge is 0.306 e. The number of carbonyl (C=O) groups is 1. The lowest BCUT2D eigenvalue weighted by Gasteiger charge is -2.39. The highest BCUT2D eigenvalue weighted by molar-refractivity contribution is 5.69. The third kappa shape index (κ3) is 38.4. The van der Waals surface area contributed by atoms with E-state index in [-0.39, 0.29) is 25.6 Å². The highest BCUT2D eigenvalue weighted by Gasteiger charge is 2.44. The minimum Gasteiger partial charge on any atom is -0.457 e. The van der Waals surface area contributed by atoms with Crippen LogP contribution in [0.3, 0.4) is 0 Å². The Morgan fingerprint density at radius 2 is 0.897 bits per heavy atom. The van der Waals surface area contributed by atoms with Crippen molar-refractivity contribution in [3.63, 3.8) is 0 Å². The van der Waals surface area contributed by atoms with Crippen molar-refractivity contribution in [3.8, 4) is 0 Å². The second-order valence-electron chi connectivity index (χ2n) is 17.6. The molecular weight excluding hydrogens is 853 g/mol. The summed E-state index contributed by atoms with van der Waals surface area (Å²) in [6.45, 7) is 4.33. The van der Waals surface area contributed by atoms with Crippen LogP contribution in [0.2, 0.25) is 0 Å². The number of aliphatic hydroxyl groups is 4. The SMILES string of the molecule is CC/C=C\C/C=C\C/C=C\C/C=C\C/C=C\C/C=C\C/C=C\CCCCCC(=O)OC(COCCCCCCCCC/C=C\C/C=C\C/C=C\CCCCC)COC1OC(CO)C(O)C(O)C1O. The third-order valence-corrected chi connectivity index (χ3v) is 11.4. The van der Waals surface area contributed by atoms with Crippen LogP contribution < -0.4 is 0 Å². The summed E-state index contributed by atoms with van der Waals surface area (Å²) in [5.74, 6) is -0.354. The lowest BCUT2D eigenvalue weighted by atomic mass is 9.99. The maximum absolute atomic E-state index is 12.9. The van der Waals surface area contributed by atoms with Crippen molar-refractivity contribution in [2.45, 2.75) is 218 Å². The van der Waals surface area contributed by atoms with E-state index in [0.29, 0.717) is 13.0 Å². The molecule has 1 aliphatic rings. The fourth-order valence-electron chi connectivity index (χ4n) is 7.24. The van der Waals surface area contributed by atoms with Crippen molar-refractivity contribution in [3.05, 3.63) is 122 Å². The van der Waals surface area contributed by atoms with Crippen molar-refractivity contribution >= 4 is 5.97 Å². The van der Waals surface area contributed by atoms with Gasteiger partial charge >= 0.3 is 5.97 Å². The fourth-order valence-corrected chi connectivity index (χ4v) is 7.24. The average molecular weight is 949 g/mol.